The van der Waals surface area contributed by atoms with Crippen LogP contribution in [0.3, 0.4) is 0 Å². The number of amides is 1. The van der Waals surface area contributed by atoms with Gasteiger partial charge in [0.05, 0.1) is 12.4 Å². The van der Waals surface area contributed by atoms with Gasteiger partial charge in [-0.25, -0.2) is 9.78 Å². The molecule has 0 spiro atoms. The van der Waals surface area contributed by atoms with E-state index in [1.165, 1.54) is 0 Å². The summed E-state index contributed by atoms with van der Waals surface area (Å²) in [6.45, 7) is 5.42. The number of nitrogens with zero attached hydrogens (tertiary/aromatic N) is 3. The van der Waals surface area contributed by atoms with Gasteiger partial charge in [-0.2, -0.15) is 0 Å². The van der Waals surface area contributed by atoms with Crippen LogP contribution in [0.25, 0.3) is 5.65 Å². The zero-order valence-corrected chi connectivity index (χ0v) is 9.97. The van der Waals surface area contributed by atoms with Gasteiger partial charge in [0.25, 0.3) is 0 Å². The van der Waals surface area contributed by atoms with Crippen LogP contribution in [0.4, 0.5) is 10.6 Å². The molecule has 0 saturated heterocycles. The Hall–Kier alpha value is -2.11. The molecule has 0 saturated carbocycles. The van der Waals surface area contributed by atoms with Crippen molar-refractivity contribution in [1.29, 1.82) is 0 Å². The van der Waals surface area contributed by atoms with Crippen molar-refractivity contribution < 1.29 is 9.53 Å². The number of carbonyl (C=O) groups excluding carboxylic acids is 1. The van der Waals surface area contributed by atoms with Crippen LogP contribution in [0.15, 0.2) is 24.8 Å². The fourth-order valence-corrected chi connectivity index (χ4v) is 1.31. The van der Waals surface area contributed by atoms with E-state index >= 15 is 0 Å². The maximum atomic E-state index is 11.5. The van der Waals surface area contributed by atoms with Crippen LogP contribution in [0.5, 0.6) is 0 Å². The van der Waals surface area contributed by atoms with Gasteiger partial charge in [0.2, 0.25) is 0 Å². The molecule has 0 unspecified atom stereocenters. The molecule has 6 nitrogen and oxygen atoms in total. The van der Waals surface area contributed by atoms with Crippen molar-refractivity contribution in [2.24, 2.45) is 0 Å². The van der Waals surface area contributed by atoms with Crippen LogP contribution < -0.4 is 5.32 Å². The van der Waals surface area contributed by atoms with E-state index in [2.05, 4.69) is 15.3 Å². The maximum absolute atomic E-state index is 11.5. The summed E-state index contributed by atoms with van der Waals surface area (Å²) in [6.07, 6.45) is 6.18. The molecule has 2 rings (SSSR count). The van der Waals surface area contributed by atoms with Crippen molar-refractivity contribution in [3.05, 3.63) is 24.8 Å². The Morgan fingerprint density at radius 2 is 2.24 bits per heavy atom. The summed E-state index contributed by atoms with van der Waals surface area (Å²) in [7, 11) is 0. The lowest BCUT2D eigenvalue weighted by molar-refractivity contribution is 0.0635. The van der Waals surface area contributed by atoms with Crippen LogP contribution in [-0.2, 0) is 4.74 Å². The summed E-state index contributed by atoms with van der Waals surface area (Å²) in [5.74, 6) is 0.437. The highest BCUT2D eigenvalue weighted by Gasteiger charge is 2.16. The van der Waals surface area contributed by atoms with Crippen LogP contribution in [0.2, 0.25) is 0 Å². The maximum Gasteiger partial charge on any atom is 0.413 e. The van der Waals surface area contributed by atoms with Crippen molar-refractivity contribution in [1.82, 2.24) is 14.4 Å². The Morgan fingerprint density at radius 1 is 1.47 bits per heavy atom. The summed E-state index contributed by atoms with van der Waals surface area (Å²) < 4.78 is 6.89. The minimum Gasteiger partial charge on any atom is -0.444 e. The molecule has 6 heteroatoms. The van der Waals surface area contributed by atoms with Crippen molar-refractivity contribution in [3.8, 4) is 0 Å². The topological polar surface area (TPSA) is 68.5 Å². The molecule has 0 radical (unpaired) electrons. The molecule has 17 heavy (non-hydrogen) atoms. The number of carbonyl (C=O) groups is 1. The fraction of sp³-hybridized carbons (Fsp3) is 0.364. The van der Waals surface area contributed by atoms with Crippen LogP contribution in [0, 0.1) is 0 Å². The van der Waals surface area contributed by atoms with E-state index in [1.807, 2.05) is 0 Å². The molecule has 0 aliphatic heterocycles. The monoisotopic (exact) mass is 234 g/mol. The third-order valence-corrected chi connectivity index (χ3v) is 1.89. The molecule has 90 valence electrons. The Labute approximate surface area is 98.6 Å². The minimum atomic E-state index is -0.523. The van der Waals surface area contributed by atoms with Gasteiger partial charge in [-0.1, -0.05) is 0 Å². The highest BCUT2D eigenvalue weighted by molar-refractivity contribution is 5.83. The second-order valence-corrected chi connectivity index (χ2v) is 4.59. The zero-order chi connectivity index (χ0) is 12.5. The molecule has 0 bridgehead atoms. The van der Waals surface area contributed by atoms with Crippen molar-refractivity contribution in [2.75, 3.05) is 5.32 Å². The van der Waals surface area contributed by atoms with E-state index in [4.69, 9.17) is 4.74 Å². The van der Waals surface area contributed by atoms with Gasteiger partial charge < -0.3 is 9.14 Å². The highest BCUT2D eigenvalue weighted by Crippen LogP contribution is 2.11. The van der Waals surface area contributed by atoms with E-state index in [0.717, 1.165) is 0 Å². The highest BCUT2D eigenvalue weighted by atomic mass is 16.6. The molecule has 1 N–H and O–H groups in total. The summed E-state index contributed by atoms with van der Waals surface area (Å²) in [6, 6.07) is 0. The van der Waals surface area contributed by atoms with Crippen LogP contribution in [0.1, 0.15) is 20.8 Å². The summed E-state index contributed by atoms with van der Waals surface area (Å²) >= 11 is 0. The average molecular weight is 234 g/mol. The van der Waals surface area contributed by atoms with Gasteiger partial charge in [0.15, 0.2) is 11.5 Å². The predicted molar refractivity (Wildman–Crippen MR) is 62.8 cm³/mol. The molecule has 0 atom stereocenters. The zero-order valence-electron chi connectivity index (χ0n) is 9.97. The van der Waals surface area contributed by atoms with Gasteiger partial charge in [-0.3, -0.25) is 10.3 Å². The average Bonchev–Trinajstić information content (AvgIpc) is 2.55. The molecule has 2 aromatic rings. The molecular formula is C11H14N4O2. The minimum absolute atomic E-state index is 0.437. The fourth-order valence-electron chi connectivity index (χ4n) is 1.31. The molecule has 0 aliphatic rings. The van der Waals surface area contributed by atoms with E-state index in [0.29, 0.717) is 11.5 Å². The smallest absolute Gasteiger partial charge is 0.413 e. The standard InChI is InChI=1S/C11H14N4O2/c1-11(2,3)17-10(16)14-8-7-15-5-4-12-6-9(15)13-8/h4-7H,1-3H3,(H,14,16). The third-order valence-electron chi connectivity index (χ3n) is 1.89. The third kappa shape index (κ3) is 2.93. The number of nitrogens with one attached hydrogen (secondary N) is 1. The van der Waals surface area contributed by atoms with Crippen molar-refractivity contribution in [3.63, 3.8) is 0 Å². The molecule has 0 aliphatic carbocycles. The number of fused-ring (bicyclic) bond motifs is 1. The van der Waals surface area contributed by atoms with Gasteiger partial charge >= 0.3 is 6.09 Å². The number of aromatic nitrogens is 3. The Kier molecular flexibility index (Phi) is 2.71. The number of ether oxygens (including phenoxy) is 1. The number of hydrogen-bond acceptors (Lipinski definition) is 4. The van der Waals surface area contributed by atoms with E-state index in [-0.39, 0.29) is 0 Å². The quantitative estimate of drug-likeness (QED) is 0.820. The van der Waals surface area contributed by atoms with Crippen molar-refractivity contribution in [2.45, 2.75) is 26.4 Å². The second kappa shape index (κ2) is 4.04. The summed E-state index contributed by atoms with van der Waals surface area (Å²) in [5.41, 5.74) is 0.142. The first-order valence-corrected chi connectivity index (χ1v) is 5.23. The number of anilines is 1. The normalized spacial score (nSPS) is 11.5. The van der Waals surface area contributed by atoms with Crippen LogP contribution >= 0.6 is 0 Å². The van der Waals surface area contributed by atoms with E-state index in [9.17, 15) is 4.79 Å². The van der Waals surface area contributed by atoms with E-state index in [1.54, 1.807) is 50.0 Å². The molecular weight excluding hydrogens is 220 g/mol. The number of imidazole rings is 1. The predicted octanol–water partition coefficient (Wildman–Crippen LogP) is 2.08. The second-order valence-electron chi connectivity index (χ2n) is 4.59. The molecule has 0 aromatic carbocycles. The largest absolute Gasteiger partial charge is 0.444 e. The van der Waals surface area contributed by atoms with E-state index < -0.39 is 11.7 Å². The van der Waals surface area contributed by atoms with Gasteiger partial charge in [0.1, 0.15) is 5.60 Å². The van der Waals surface area contributed by atoms with Gasteiger partial charge in [-0.15, -0.1) is 0 Å². The molecule has 2 aromatic heterocycles. The van der Waals surface area contributed by atoms with Gasteiger partial charge in [-0.05, 0) is 20.8 Å². The lowest BCUT2D eigenvalue weighted by Crippen LogP contribution is -2.27. The Balaban J connectivity index is 2.11. The number of hydrogen-bond donors (Lipinski definition) is 1. The lowest BCUT2D eigenvalue weighted by Gasteiger charge is -2.18. The van der Waals surface area contributed by atoms with Crippen LogP contribution in [-0.4, -0.2) is 26.1 Å². The lowest BCUT2D eigenvalue weighted by atomic mass is 10.2. The van der Waals surface area contributed by atoms with Gasteiger partial charge in [0, 0.05) is 12.4 Å². The number of rotatable bonds is 1. The summed E-state index contributed by atoms with van der Waals surface area (Å²) in [4.78, 5) is 19.6. The van der Waals surface area contributed by atoms with Crippen molar-refractivity contribution >= 4 is 17.6 Å². The Morgan fingerprint density at radius 3 is 2.88 bits per heavy atom. The first-order valence-electron chi connectivity index (χ1n) is 5.23. The molecule has 1 amide bonds. The molecule has 2 heterocycles. The first-order chi connectivity index (χ1) is 7.94. The first kappa shape index (κ1) is 11.4. The summed E-state index contributed by atoms with van der Waals surface area (Å²) in [5, 5.41) is 2.57. The Bertz CT molecular complexity index is 509. The molecule has 0 fully saturated rings. The SMILES string of the molecule is CC(C)(C)OC(=O)Nc1cn2ccncc2n1.